The summed E-state index contributed by atoms with van der Waals surface area (Å²) in [6.45, 7) is 4.45. The van der Waals surface area contributed by atoms with Crippen molar-refractivity contribution in [3.63, 3.8) is 0 Å². The third-order valence-corrected chi connectivity index (χ3v) is 5.32. The summed E-state index contributed by atoms with van der Waals surface area (Å²) in [4.78, 5) is 27.6. The van der Waals surface area contributed by atoms with E-state index in [0.29, 0.717) is 19.0 Å². The second-order valence-electron chi connectivity index (χ2n) is 7.31. The van der Waals surface area contributed by atoms with Crippen LogP contribution in [0.15, 0.2) is 18.9 Å². The number of nitrogens with zero attached hydrogens (tertiary/aromatic N) is 6. The average molecular weight is 371 g/mol. The molecule has 2 heterocycles. The van der Waals surface area contributed by atoms with E-state index in [9.17, 15) is 4.79 Å². The summed E-state index contributed by atoms with van der Waals surface area (Å²) in [6.07, 6.45) is 11.6. The average Bonchev–Trinajstić information content (AvgIpc) is 3.20. The minimum Gasteiger partial charge on any atom is -0.349 e. The molecule has 1 fully saturated rings. The number of amides is 1. The Morgan fingerprint density at radius 2 is 2.15 bits per heavy atom. The van der Waals surface area contributed by atoms with Crippen LogP contribution >= 0.6 is 0 Å². The molecule has 2 aromatic rings. The number of rotatable bonds is 7. The number of aromatic nitrogens is 5. The van der Waals surface area contributed by atoms with Gasteiger partial charge in [0.1, 0.15) is 12.7 Å². The van der Waals surface area contributed by atoms with Crippen LogP contribution in [0.1, 0.15) is 62.7 Å². The highest BCUT2D eigenvalue weighted by atomic mass is 16.1. The molecule has 1 saturated carbocycles. The van der Waals surface area contributed by atoms with Crippen LogP contribution in [0, 0.1) is 6.92 Å². The second kappa shape index (κ2) is 8.92. The highest BCUT2D eigenvalue weighted by Gasteiger charge is 2.21. The summed E-state index contributed by atoms with van der Waals surface area (Å²) in [7, 11) is 2.08. The molecule has 1 atom stereocenters. The number of hydrogen-bond donors (Lipinski definition) is 1. The fourth-order valence-electron chi connectivity index (χ4n) is 3.65. The van der Waals surface area contributed by atoms with Crippen molar-refractivity contribution in [2.24, 2.45) is 0 Å². The topological polar surface area (TPSA) is 88.8 Å². The van der Waals surface area contributed by atoms with Gasteiger partial charge in [0.2, 0.25) is 11.9 Å². The smallest absolute Gasteiger partial charge is 0.225 e. The summed E-state index contributed by atoms with van der Waals surface area (Å²) in [5.41, 5.74) is 1.86. The van der Waals surface area contributed by atoms with Crippen molar-refractivity contribution >= 4 is 11.9 Å². The van der Waals surface area contributed by atoms with E-state index >= 15 is 0 Å². The highest BCUT2D eigenvalue weighted by Crippen LogP contribution is 2.25. The molecule has 1 unspecified atom stereocenters. The Labute approximate surface area is 160 Å². The fraction of sp³-hybridized carbons (Fsp3) is 0.632. The lowest BCUT2D eigenvalue weighted by atomic mass is 9.95. The number of nitrogens with one attached hydrogen (secondary N) is 1. The molecule has 2 aromatic heterocycles. The minimum atomic E-state index is -0.137. The minimum absolute atomic E-state index is 0.0270. The lowest BCUT2D eigenvalue weighted by Crippen LogP contribution is -2.35. The van der Waals surface area contributed by atoms with Gasteiger partial charge in [0.05, 0.1) is 12.6 Å². The van der Waals surface area contributed by atoms with Crippen molar-refractivity contribution < 1.29 is 4.79 Å². The van der Waals surface area contributed by atoms with Gasteiger partial charge < -0.3 is 10.2 Å². The number of aryl methyl sites for hydroxylation is 2. The van der Waals surface area contributed by atoms with Gasteiger partial charge in [0, 0.05) is 37.0 Å². The quantitative estimate of drug-likeness (QED) is 0.804. The maximum Gasteiger partial charge on any atom is 0.225 e. The van der Waals surface area contributed by atoms with Gasteiger partial charge in [-0.25, -0.2) is 15.0 Å². The lowest BCUT2D eigenvalue weighted by molar-refractivity contribution is -0.122. The van der Waals surface area contributed by atoms with Gasteiger partial charge in [0.25, 0.3) is 0 Å². The van der Waals surface area contributed by atoms with Crippen LogP contribution < -0.4 is 10.2 Å². The molecular formula is C19H29N7O. The number of carbonyl (C=O) groups is 1. The maximum atomic E-state index is 12.2. The van der Waals surface area contributed by atoms with Gasteiger partial charge in [0.15, 0.2) is 0 Å². The first-order chi connectivity index (χ1) is 13.0. The molecule has 0 radical (unpaired) electrons. The summed E-state index contributed by atoms with van der Waals surface area (Å²) < 4.78 is 1.65. The molecule has 8 heteroatoms. The van der Waals surface area contributed by atoms with Crippen LogP contribution in [0.4, 0.5) is 5.95 Å². The van der Waals surface area contributed by atoms with Crippen molar-refractivity contribution in [1.82, 2.24) is 30.0 Å². The molecule has 1 aliphatic carbocycles. The SMILES string of the molecule is Cc1nc(N(C)C2CCCCC2)ncc1C(C)NC(=O)CCn1cncn1. The van der Waals surface area contributed by atoms with Gasteiger partial charge >= 0.3 is 0 Å². The van der Waals surface area contributed by atoms with Crippen LogP contribution in [0.25, 0.3) is 0 Å². The van der Waals surface area contributed by atoms with Gasteiger partial charge in [-0.1, -0.05) is 19.3 Å². The first kappa shape index (κ1) is 19.3. The monoisotopic (exact) mass is 371 g/mol. The van der Waals surface area contributed by atoms with Crippen LogP contribution in [0.5, 0.6) is 0 Å². The van der Waals surface area contributed by atoms with Crippen molar-refractivity contribution in [2.75, 3.05) is 11.9 Å². The Balaban J connectivity index is 1.58. The molecule has 146 valence electrons. The normalized spacial score (nSPS) is 16.1. The first-order valence-electron chi connectivity index (χ1n) is 9.72. The zero-order valence-electron chi connectivity index (χ0n) is 16.4. The zero-order chi connectivity index (χ0) is 19.2. The third-order valence-electron chi connectivity index (χ3n) is 5.32. The van der Waals surface area contributed by atoms with Crippen molar-refractivity contribution in [3.8, 4) is 0 Å². The van der Waals surface area contributed by atoms with Gasteiger partial charge in [-0.15, -0.1) is 0 Å². The Morgan fingerprint density at radius 3 is 2.81 bits per heavy atom. The molecule has 0 spiro atoms. The molecule has 1 amide bonds. The molecule has 0 aromatic carbocycles. The molecule has 8 nitrogen and oxygen atoms in total. The van der Waals surface area contributed by atoms with Crippen molar-refractivity contribution in [3.05, 3.63) is 30.1 Å². The predicted molar refractivity (Wildman–Crippen MR) is 103 cm³/mol. The summed E-state index contributed by atoms with van der Waals surface area (Å²) in [6, 6.07) is 0.389. The predicted octanol–water partition coefficient (Wildman–Crippen LogP) is 2.41. The molecule has 0 aliphatic heterocycles. The molecule has 3 rings (SSSR count). The summed E-state index contributed by atoms with van der Waals surface area (Å²) in [5.74, 6) is 0.744. The van der Waals surface area contributed by atoms with Crippen LogP contribution in [-0.4, -0.2) is 43.7 Å². The Bertz CT molecular complexity index is 741. The molecule has 0 bridgehead atoms. The van der Waals surface area contributed by atoms with Crippen LogP contribution in [0.3, 0.4) is 0 Å². The number of hydrogen-bond acceptors (Lipinski definition) is 6. The van der Waals surface area contributed by atoms with E-state index in [-0.39, 0.29) is 11.9 Å². The fourth-order valence-corrected chi connectivity index (χ4v) is 3.65. The highest BCUT2D eigenvalue weighted by molar-refractivity contribution is 5.76. The molecule has 1 N–H and O–H groups in total. The van der Waals surface area contributed by atoms with Crippen LogP contribution in [0.2, 0.25) is 0 Å². The van der Waals surface area contributed by atoms with Gasteiger partial charge in [-0.3, -0.25) is 9.48 Å². The molecular weight excluding hydrogens is 342 g/mol. The van der Waals surface area contributed by atoms with Gasteiger partial charge in [-0.2, -0.15) is 5.10 Å². The zero-order valence-corrected chi connectivity index (χ0v) is 16.4. The Kier molecular flexibility index (Phi) is 6.36. The number of carbonyl (C=O) groups excluding carboxylic acids is 1. The van der Waals surface area contributed by atoms with Crippen LogP contribution in [-0.2, 0) is 11.3 Å². The number of anilines is 1. The van der Waals surface area contributed by atoms with Crippen molar-refractivity contribution in [2.45, 2.75) is 71.0 Å². The van der Waals surface area contributed by atoms with E-state index in [1.54, 1.807) is 11.0 Å². The van der Waals surface area contributed by atoms with E-state index in [4.69, 9.17) is 4.98 Å². The van der Waals surface area contributed by atoms with Crippen molar-refractivity contribution in [1.29, 1.82) is 0 Å². The van der Waals surface area contributed by atoms with E-state index < -0.39 is 0 Å². The second-order valence-corrected chi connectivity index (χ2v) is 7.31. The summed E-state index contributed by atoms with van der Waals surface area (Å²) in [5, 5.41) is 7.02. The molecule has 27 heavy (non-hydrogen) atoms. The maximum absolute atomic E-state index is 12.2. The summed E-state index contributed by atoms with van der Waals surface area (Å²) >= 11 is 0. The van der Waals surface area contributed by atoms with E-state index in [1.165, 1.54) is 38.4 Å². The Hall–Kier alpha value is -2.51. The molecule has 1 aliphatic rings. The van der Waals surface area contributed by atoms with E-state index in [0.717, 1.165) is 17.2 Å². The largest absolute Gasteiger partial charge is 0.349 e. The van der Waals surface area contributed by atoms with E-state index in [2.05, 4.69) is 32.3 Å². The third kappa shape index (κ3) is 5.02. The first-order valence-corrected chi connectivity index (χ1v) is 9.72. The Morgan fingerprint density at radius 1 is 1.37 bits per heavy atom. The molecule has 0 saturated heterocycles. The standard InChI is InChI=1S/C19H29N7O/c1-14(23-18(27)9-10-26-13-20-12-22-26)17-11-21-19(24-15(17)2)25(3)16-7-5-4-6-8-16/h11-14,16H,4-10H2,1-3H3,(H,23,27). The van der Waals surface area contributed by atoms with Gasteiger partial charge in [-0.05, 0) is 26.7 Å². The van der Waals surface area contributed by atoms with E-state index in [1.807, 2.05) is 20.0 Å². The lowest BCUT2D eigenvalue weighted by Gasteiger charge is -2.31.